The number of hydrogen-bond acceptors (Lipinski definition) is 2. The first kappa shape index (κ1) is 17.6. The van der Waals surface area contributed by atoms with Gasteiger partial charge in [0, 0.05) is 17.2 Å². The van der Waals surface area contributed by atoms with E-state index in [9.17, 15) is 18.4 Å². The van der Waals surface area contributed by atoms with Crippen molar-refractivity contribution in [2.75, 3.05) is 11.9 Å². The van der Waals surface area contributed by atoms with Gasteiger partial charge in [-0.2, -0.15) is 0 Å². The lowest BCUT2D eigenvalue weighted by Crippen LogP contribution is -2.41. The largest absolute Gasteiger partial charge is 0.324 e. The second-order valence-electron chi connectivity index (χ2n) is 7.18. The number of amides is 2. The Kier molecular flexibility index (Phi) is 4.64. The van der Waals surface area contributed by atoms with Gasteiger partial charge >= 0.3 is 0 Å². The van der Waals surface area contributed by atoms with Gasteiger partial charge in [-0.25, -0.2) is 8.78 Å². The molecule has 27 heavy (non-hydrogen) atoms. The molecule has 2 amide bonds. The van der Waals surface area contributed by atoms with Gasteiger partial charge < -0.3 is 10.2 Å². The van der Waals surface area contributed by atoms with Gasteiger partial charge in [-0.05, 0) is 48.7 Å². The van der Waals surface area contributed by atoms with Crippen molar-refractivity contribution in [1.82, 2.24) is 4.90 Å². The van der Waals surface area contributed by atoms with Crippen LogP contribution in [0.2, 0.25) is 0 Å². The Labute approximate surface area is 156 Å². The summed E-state index contributed by atoms with van der Waals surface area (Å²) in [6, 6.07) is 9.25. The van der Waals surface area contributed by atoms with E-state index in [1.165, 1.54) is 35.2 Å². The van der Waals surface area contributed by atoms with Gasteiger partial charge in [0.1, 0.15) is 18.2 Å². The average molecular weight is 370 g/mol. The van der Waals surface area contributed by atoms with Crippen LogP contribution in [0.25, 0.3) is 0 Å². The topological polar surface area (TPSA) is 49.4 Å². The van der Waals surface area contributed by atoms with E-state index in [-0.39, 0.29) is 24.3 Å². The summed E-state index contributed by atoms with van der Waals surface area (Å²) in [6.45, 7) is -0.117. The highest BCUT2D eigenvalue weighted by molar-refractivity contribution is 5.97. The number of rotatable bonds is 2. The quantitative estimate of drug-likeness (QED) is 0.868. The summed E-state index contributed by atoms with van der Waals surface area (Å²) < 4.78 is 27.5. The smallest absolute Gasteiger partial charge is 0.244 e. The third-order valence-corrected chi connectivity index (χ3v) is 5.38. The van der Waals surface area contributed by atoms with Crippen molar-refractivity contribution >= 4 is 17.5 Å². The maximum absolute atomic E-state index is 14.0. The molecule has 140 valence electrons. The number of carbonyl (C=O) groups excluding carboxylic acids is 2. The van der Waals surface area contributed by atoms with E-state index < -0.39 is 17.7 Å². The molecule has 2 aromatic rings. The Morgan fingerprint density at radius 3 is 2.37 bits per heavy atom. The van der Waals surface area contributed by atoms with E-state index in [1.807, 2.05) is 0 Å². The molecule has 0 spiro atoms. The van der Waals surface area contributed by atoms with E-state index in [2.05, 4.69) is 5.32 Å². The van der Waals surface area contributed by atoms with Crippen molar-refractivity contribution in [3.63, 3.8) is 0 Å². The van der Waals surface area contributed by atoms with Crippen LogP contribution in [-0.2, 0) is 9.59 Å². The second kappa shape index (κ2) is 7.10. The number of carbonyl (C=O) groups is 2. The highest BCUT2D eigenvalue weighted by Gasteiger charge is 2.37. The molecule has 1 fully saturated rings. The number of halogens is 2. The highest BCUT2D eigenvalue weighted by atomic mass is 19.1. The molecule has 6 heteroatoms. The van der Waals surface area contributed by atoms with E-state index in [4.69, 9.17) is 0 Å². The van der Waals surface area contributed by atoms with E-state index in [1.54, 1.807) is 12.1 Å². The van der Waals surface area contributed by atoms with E-state index in [0.717, 1.165) is 25.7 Å². The molecule has 2 aromatic carbocycles. The molecular formula is C21H20F2N2O2. The molecule has 0 radical (unpaired) electrons. The zero-order valence-corrected chi connectivity index (χ0v) is 14.8. The standard InChI is InChI=1S/C21H20F2N2O2/c22-15-7-5-13(6-8-15)20-17-11-16(23)9-10-18(17)24-19(26)12-25(20)21(27)14-3-1-2-4-14/h5-11,14,20H,1-4,12H2,(H,24,26)/t20-/m0/s1. The lowest BCUT2D eigenvalue weighted by atomic mass is 9.94. The van der Waals surface area contributed by atoms with Crippen LogP contribution in [0.4, 0.5) is 14.5 Å². The number of fused-ring (bicyclic) bond motifs is 1. The summed E-state index contributed by atoms with van der Waals surface area (Å²) in [7, 11) is 0. The first-order chi connectivity index (χ1) is 13.0. The Hall–Kier alpha value is -2.76. The zero-order valence-electron chi connectivity index (χ0n) is 14.8. The number of nitrogens with one attached hydrogen (secondary N) is 1. The highest BCUT2D eigenvalue weighted by Crippen LogP contribution is 2.38. The normalized spacial score (nSPS) is 20.1. The van der Waals surface area contributed by atoms with Crippen molar-refractivity contribution in [2.24, 2.45) is 5.92 Å². The fraction of sp³-hybridized carbons (Fsp3) is 0.333. The molecule has 1 heterocycles. The molecule has 1 N–H and O–H groups in total. The van der Waals surface area contributed by atoms with E-state index in [0.29, 0.717) is 16.8 Å². The minimum absolute atomic E-state index is 0.103. The Morgan fingerprint density at radius 1 is 1.00 bits per heavy atom. The summed E-state index contributed by atoms with van der Waals surface area (Å²) in [5.41, 5.74) is 1.61. The van der Waals surface area contributed by atoms with Crippen LogP contribution in [0.15, 0.2) is 42.5 Å². The second-order valence-corrected chi connectivity index (χ2v) is 7.18. The summed E-state index contributed by atoms with van der Waals surface area (Å²) >= 11 is 0. The predicted octanol–water partition coefficient (Wildman–Crippen LogP) is 4.03. The van der Waals surface area contributed by atoms with Crippen molar-refractivity contribution in [1.29, 1.82) is 0 Å². The Balaban J connectivity index is 1.85. The van der Waals surface area contributed by atoms with Crippen LogP contribution in [-0.4, -0.2) is 23.3 Å². The third-order valence-electron chi connectivity index (χ3n) is 5.38. The van der Waals surface area contributed by atoms with Crippen LogP contribution in [0.1, 0.15) is 42.9 Å². The number of benzene rings is 2. The molecule has 1 saturated carbocycles. The first-order valence-electron chi connectivity index (χ1n) is 9.18. The van der Waals surface area contributed by atoms with Gasteiger partial charge in [0.15, 0.2) is 0 Å². The molecule has 4 nitrogen and oxygen atoms in total. The molecule has 1 aliphatic carbocycles. The minimum Gasteiger partial charge on any atom is -0.324 e. The predicted molar refractivity (Wildman–Crippen MR) is 96.9 cm³/mol. The van der Waals surface area contributed by atoms with Crippen molar-refractivity contribution in [3.8, 4) is 0 Å². The SMILES string of the molecule is O=C1CN(C(=O)C2CCCC2)[C@@H](c2ccc(F)cc2)c2cc(F)ccc2N1. The van der Waals surface area contributed by atoms with Gasteiger partial charge in [0.05, 0.1) is 6.04 Å². The Morgan fingerprint density at radius 2 is 1.67 bits per heavy atom. The van der Waals surface area contributed by atoms with Crippen molar-refractivity contribution in [2.45, 2.75) is 31.7 Å². The molecule has 1 atom stereocenters. The average Bonchev–Trinajstić information content (AvgIpc) is 3.14. The summed E-state index contributed by atoms with van der Waals surface area (Å²) in [5, 5.41) is 2.76. The first-order valence-corrected chi connectivity index (χ1v) is 9.18. The lowest BCUT2D eigenvalue weighted by molar-refractivity contribution is -0.139. The molecule has 0 unspecified atom stereocenters. The molecule has 4 rings (SSSR count). The molecule has 0 bridgehead atoms. The van der Waals surface area contributed by atoms with Crippen LogP contribution in [0.3, 0.4) is 0 Å². The maximum atomic E-state index is 14.0. The molecule has 1 aliphatic heterocycles. The summed E-state index contributed by atoms with van der Waals surface area (Å²) in [4.78, 5) is 27.2. The molecule has 0 aromatic heterocycles. The fourth-order valence-electron chi connectivity index (χ4n) is 4.09. The molecule has 2 aliphatic rings. The van der Waals surface area contributed by atoms with Gasteiger partial charge in [0.2, 0.25) is 11.8 Å². The van der Waals surface area contributed by atoms with E-state index >= 15 is 0 Å². The molecular weight excluding hydrogens is 350 g/mol. The molecule has 0 saturated heterocycles. The Bertz CT molecular complexity index is 876. The number of nitrogens with zero attached hydrogens (tertiary/aromatic N) is 1. The van der Waals surface area contributed by atoms with Gasteiger partial charge in [-0.1, -0.05) is 25.0 Å². The van der Waals surface area contributed by atoms with Gasteiger partial charge in [-0.3, -0.25) is 9.59 Å². The third kappa shape index (κ3) is 3.44. The minimum atomic E-state index is -0.650. The monoisotopic (exact) mass is 370 g/mol. The maximum Gasteiger partial charge on any atom is 0.244 e. The van der Waals surface area contributed by atoms with Crippen molar-refractivity contribution < 1.29 is 18.4 Å². The summed E-state index contributed by atoms with van der Waals surface area (Å²) in [6.07, 6.45) is 3.57. The van der Waals surface area contributed by atoms with Crippen LogP contribution in [0, 0.1) is 17.6 Å². The van der Waals surface area contributed by atoms with Gasteiger partial charge in [-0.15, -0.1) is 0 Å². The van der Waals surface area contributed by atoms with Crippen LogP contribution >= 0.6 is 0 Å². The van der Waals surface area contributed by atoms with Crippen LogP contribution < -0.4 is 5.32 Å². The lowest BCUT2D eigenvalue weighted by Gasteiger charge is -2.32. The van der Waals surface area contributed by atoms with Crippen molar-refractivity contribution in [3.05, 3.63) is 65.2 Å². The fourth-order valence-corrected chi connectivity index (χ4v) is 4.09. The summed E-state index contributed by atoms with van der Waals surface area (Å²) in [5.74, 6) is -1.40. The number of hydrogen-bond donors (Lipinski definition) is 1. The zero-order chi connectivity index (χ0) is 19.0. The number of anilines is 1. The van der Waals surface area contributed by atoms with Crippen LogP contribution in [0.5, 0.6) is 0 Å². The van der Waals surface area contributed by atoms with Gasteiger partial charge in [0.25, 0.3) is 0 Å².